The number of ether oxygens (including phenoxy) is 1. The maximum absolute atomic E-state index is 5.27. The van der Waals surface area contributed by atoms with Crippen LogP contribution in [0.3, 0.4) is 0 Å². The Morgan fingerprint density at radius 2 is 2.24 bits per heavy atom. The largest absolute Gasteiger partial charge is 0.497 e. The third-order valence-corrected chi connectivity index (χ3v) is 4.21. The van der Waals surface area contributed by atoms with Crippen molar-refractivity contribution in [2.45, 2.75) is 32.9 Å². The summed E-state index contributed by atoms with van der Waals surface area (Å²) in [7, 11) is 1.68. The second-order valence-electron chi connectivity index (χ2n) is 5.10. The summed E-state index contributed by atoms with van der Waals surface area (Å²) in [6.07, 6.45) is 5.16. The van der Waals surface area contributed by atoms with Crippen LogP contribution in [0.5, 0.6) is 5.75 Å². The van der Waals surface area contributed by atoms with E-state index in [1.807, 2.05) is 29.1 Å². The third kappa shape index (κ3) is 4.32. The van der Waals surface area contributed by atoms with Gasteiger partial charge in [-0.15, -0.1) is 0 Å². The molecule has 0 fully saturated rings. The Bertz CT molecular complexity index is 583. The maximum atomic E-state index is 5.27. The standard InChI is InChI=1S/C16H22BrN3O/c1-4-7-18-12(2)14-9-19-20(11-14)10-13-8-15(21-3)5-6-16(13)17/h5-6,8-9,11-12,18H,4,7,10H2,1-3H3. The Hall–Kier alpha value is -1.33. The first-order valence-electron chi connectivity index (χ1n) is 7.22. The molecule has 114 valence electrons. The van der Waals surface area contributed by atoms with Gasteiger partial charge in [-0.05, 0) is 43.7 Å². The van der Waals surface area contributed by atoms with Crippen LogP contribution in [-0.4, -0.2) is 23.4 Å². The minimum Gasteiger partial charge on any atom is -0.497 e. The average molecular weight is 352 g/mol. The van der Waals surface area contributed by atoms with E-state index in [0.717, 1.165) is 35.3 Å². The van der Waals surface area contributed by atoms with Gasteiger partial charge >= 0.3 is 0 Å². The van der Waals surface area contributed by atoms with Crippen molar-refractivity contribution in [2.75, 3.05) is 13.7 Å². The van der Waals surface area contributed by atoms with E-state index < -0.39 is 0 Å². The fraction of sp³-hybridized carbons (Fsp3) is 0.438. The number of methoxy groups -OCH3 is 1. The normalized spacial score (nSPS) is 12.4. The van der Waals surface area contributed by atoms with Crippen LogP contribution in [0.4, 0.5) is 0 Å². The molecule has 1 unspecified atom stereocenters. The van der Waals surface area contributed by atoms with Crippen molar-refractivity contribution in [3.8, 4) is 5.75 Å². The number of rotatable bonds is 7. The Balaban J connectivity index is 2.08. The Morgan fingerprint density at radius 3 is 2.95 bits per heavy atom. The van der Waals surface area contributed by atoms with E-state index in [0.29, 0.717) is 6.04 Å². The molecule has 0 aliphatic rings. The van der Waals surface area contributed by atoms with Crippen LogP contribution in [0.25, 0.3) is 0 Å². The molecule has 1 atom stereocenters. The summed E-state index contributed by atoms with van der Waals surface area (Å²) >= 11 is 3.58. The fourth-order valence-electron chi connectivity index (χ4n) is 2.14. The first-order chi connectivity index (χ1) is 10.1. The average Bonchev–Trinajstić information content (AvgIpc) is 2.95. The molecule has 0 saturated carbocycles. The van der Waals surface area contributed by atoms with Gasteiger partial charge in [0.05, 0.1) is 19.9 Å². The quantitative estimate of drug-likeness (QED) is 0.825. The molecule has 1 aromatic carbocycles. The Labute approximate surface area is 134 Å². The molecule has 1 N–H and O–H groups in total. The van der Waals surface area contributed by atoms with Crippen LogP contribution in [0.15, 0.2) is 35.1 Å². The zero-order valence-electron chi connectivity index (χ0n) is 12.8. The molecular weight excluding hydrogens is 330 g/mol. The summed E-state index contributed by atoms with van der Waals surface area (Å²) in [6.45, 7) is 6.08. The Kier molecular flexibility index (Phi) is 5.82. The van der Waals surface area contributed by atoms with Crippen molar-refractivity contribution in [3.63, 3.8) is 0 Å². The molecule has 1 heterocycles. The van der Waals surface area contributed by atoms with Gasteiger partial charge in [-0.1, -0.05) is 22.9 Å². The van der Waals surface area contributed by atoms with Crippen molar-refractivity contribution in [1.29, 1.82) is 0 Å². The van der Waals surface area contributed by atoms with Gasteiger partial charge in [-0.2, -0.15) is 5.10 Å². The van der Waals surface area contributed by atoms with Gasteiger partial charge < -0.3 is 10.1 Å². The molecule has 4 nitrogen and oxygen atoms in total. The molecule has 0 aliphatic heterocycles. The SMILES string of the molecule is CCCNC(C)c1cnn(Cc2cc(OC)ccc2Br)c1. The number of hydrogen-bond donors (Lipinski definition) is 1. The molecule has 0 amide bonds. The monoisotopic (exact) mass is 351 g/mol. The molecule has 0 spiro atoms. The number of aromatic nitrogens is 2. The number of hydrogen-bond acceptors (Lipinski definition) is 3. The number of nitrogens with zero attached hydrogens (tertiary/aromatic N) is 2. The van der Waals surface area contributed by atoms with Crippen LogP contribution in [0.1, 0.15) is 37.4 Å². The number of nitrogens with one attached hydrogen (secondary N) is 1. The van der Waals surface area contributed by atoms with Crippen LogP contribution in [0.2, 0.25) is 0 Å². The molecule has 0 saturated heterocycles. The fourth-order valence-corrected chi connectivity index (χ4v) is 2.51. The van der Waals surface area contributed by atoms with Gasteiger partial charge in [0.1, 0.15) is 5.75 Å². The second-order valence-corrected chi connectivity index (χ2v) is 5.96. The highest BCUT2D eigenvalue weighted by Gasteiger charge is 2.09. The summed E-state index contributed by atoms with van der Waals surface area (Å²) in [4.78, 5) is 0. The summed E-state index contributed by atoms with van der Waals surface area (Å²) in [5.74, 6) is 0.860. The predicted octanol–water partition coefficient (Wildman–Crippen LogP) is 3.76. The highest BCUT2D eigenvalue weighted by atomic mass is 79.9. The Morgan fingerprint density at radius 1 is 1.43 bits per heavy atom. The van der Waals surface area contributed by atoms with Gasteiger partial charge in [0.15, 0.2) is 0 Å². The number of halogens is 1. The van der Waals surface area contributed by atoms with Crippen molar-refractivity contribution < 1.29 is 4.74 Å². The first-order valence-corrected chi connectivity index (χ1v) is 8.01. The molecule has 21 heavy (non-hydrogen) atoms. The van der Waals surface area contributed by atoms with E-state index in [1.165, 1.54) is 5.56 Å². The zero-order valence-corrected chi connectivity index (χ0v) is 14.4. The summed E-state index contributed by atoms with van der Waals surface area (Å²) in [5.41, 5.74) is 2.36. The smallest absolute Gasteiger partial charge is 0.119 e. The van der Waals surface area contributed by atoms with Crippen molar-refractivity contribution >= 4 is 15.9 Å². The van der Waals surface area contributed by atoms with Gasteiger partial charge in [-0.3, -0.25) is 4.68 Å². The van der Waals surface area contributed by atoms with Crippen molar-refractivity contribution in [2.24, 2.45) is 0 Å². The molecular formula is C16H22BrN3O. The van der Waals surface area contributed by atoms with Gasteiger partial charge in [0.25, 0.3) is 0 Å². The van der Waals surface area contributed by atoms with E-state index in [1.54, 1.807) is 7.11 Å². The lowest BCUT2D eigenvalue weighted by Crippen LogP contribution is -2.18. The summed E-state index contributed by atoms with van der Waals surface area (Å²) in [6, 6.07) is 6.31. The second kappa shape index (κ2) is 7.61. The topological polar surface area (TPSA) is 39.1 Å². The zero-order chi connectivity index (χ0) is 15.2. The van der Waals surface area contributed by atoms with Crippen molar-refractivity contribution in [3.05, 3.63) is 46.2 Å². The van der Waals surface area contributed by atoms with E-state index in [2.05, 4.69) is 46.4 Å². The van der Waals surface area contributed by atoms with Crippen LogP contribution >= 0.6 is 15.9 Å². The molecule has 1 aromatic heterocycles. The van der Waals surface area contributed by atoms with Crippen LogP contribution in [-0.2, 0) is 6.54 Å². The summed E-state index contributed by atoms with van der Waals surface area (Å²) < 4.78 is 8.30. The van der Waals surface area contributed by atoms with Gasteiger partial charge in [0.2, 0.25) is 0 Å². The maximum Gasteiger partial charge on any atom is 0.119 e. The molecule has 0 aliphatic carbocycles. The van der Waals surface area contributed by atoms with E-state index >= 15 is 0 Å². The van der Waals surface area contributed by atoms with E-state index in [-0.39, 0.29) is 0 Å². The highest BCUT2D eigenvalue weighted by molar-refractivity contribution is 9.10. The lowest BCUT2D eigenvalue weighted by Gasteiger charge is -2.10. The third-order valence-electron chi connectivity index (χ3n) is 3.44. The molecule has 2 rings (SSSR count). The summed E-state index contributed by atoms with van der Waals surface area (Å²) in [5, 5.41) is 7.93. The number of benzene rings is 1. The van der Waals surface area contributed by atoms with Gasteiger partial charge in [0, 0.05) is 22.3 Å². The minimum absolute atomic E-state index is 0.326. The first kappa shape index (κ1) is 16.0. The molecule has 0 radical (unpaired) electrons. The van der Waals surface area contributed by atoms with E-state index in [4.69, 9.17) is 4.74 Å². The van der Waals surface area contributed by atoms with Crippen molar-refractivity contribution in [1.82, 2.24) is 15.1 Å². The van der Waals surface area contributed by atoms with Crippen LogP contribution < -0.4 is 10.1 Å². The van der Waals surface area contributed by atoms with Crippen LogP contribution in [0, 0.1) is 0 Å². The minimum atomic E-state index is 0.326. The molecule has 5 heteroatoms. The molecule has 2 aromatic rings. The van der Waals surface area contributed by atoms with Gasteiger partial charge in [-0.25, -0.2) is 0 Å². The lowest BCUT2D eigenvalue weighted by atomic mass is 10.2. The molecule has 0 bridgehead atoms. The van der Waals surface area contributed by atoms with E-state index in [9.17, 15) is 0 Å². The highest BCUT2D eigenvalue weighted by Crippen LogP contribution is 2.23. The lowest BCUT2D eigenvalue weighted by molar-refractivity contribution is 0.414. The predicted molar refractivity (Wildman–Crippen MR) is 88.7 cm³/mol.